The van der Waals surface area contributed by atoms with Gasteiger partial charge in [0, 0.05) is 25.2 Å². The fraction of sp³-hybridized carbons (Fsp3) is 0.625. The van der Waals surface area contributed by atoms with Crippen molar-refractivity contribution in [3.05, 3.63) is 17.9 Å². The van der Waals surface area contributed by atoms with Crippen LogP contribution in [0.5, 0.6) is 5.75 Å². The Hall–Kier alpha value is -1.45. The Morgan fingerprint density at radius 1 is 1.40 bits per heavy atom. The van der Waals surface area contributed by atoms with Crippen molar-refractivity contribution in [2.45, 2.75) is 45.6 Å². The van der Waals surface area contributed by atoms with Gasteiger partial charge in [-0.1, -0.05) is 19.8 Å². The van der Waals surface area contributed by atoms with Gasteiger partial charge in [-0.25, -0.2) is 4.39 Å². The van der Waals surface area contributed by atoms with Gasteiger partial charge in [-0.3, -0.25) is 0 Å². The summed E-state index contributed by atoms with van der Waals surface area (Å²) in [6.07, 6.45) is 4.88. The molecule has 0 radical (unpaired) electrons. The molecular weight excluding hydrogens is 255 g/mol. The maximum Gasteiger partial charge on any atom is 0.167 e. The highest BCUT2D eigenvalue weighted by molar-refractivity contribution is 5.70. The van der Waals surface area contributed by atoms with E-state index < -0.39 is 5.82 Å². The summed E-state index contributed by atoms with van der Waals surface area (Å²) < 4.78 is 19.1. The van der Waals surface area contributed by atoms with Gasteiger partial charge in [0.05, 0.1) is 18.0 Å². The smallest absolute Gasteiger partial charge is 0.167 e. The van der Waals surface area contributed by atoms with Crippen molar-refractivity contribution < 1.29 is 9.13 Å². The maximum atomic E-state index is 13.8. The van der Waals surface area contributed by atoms with Gasteiger partial charge >= 0.3 is 0 Å². The standard InChI is InChI=1S/C16H25FN2O/c1-4-20-16-10-15(14(18)9-13(16)17)19(3)12-7-5-6-11(2)8-12/h9-12H,4-8,18H2,1-3H3. The van der Waals surface area contributed by atoms with Crippen LogP contribution in [0.4, 0.5) is 15.8 Å². The van der Waals surface area contributed by atoms with Crippen LogP contribution in [0.25, 0.3) is 0 Å². The molecule has 1 aromatic rings. The van der Waals surface area contributed by atoms with Crippen molar-refractivity contribution in [3.8, 4) is 5.75 Å². The number of hydrogen-bond donors (Lipinski definition) is 1. The minimum absolute atomic E-state index is 0.285. The highest BCUT2D eigenvalue weighted by Crippen LogP contribution is 2.35. The molecule has 0 heterocycles. The molecule has 112 valence electrons. The molecule has 1 fully saturated rings. The van der Waals surface area contributed by atoms with Crippen molar-refractivity contribution in [1.29, 1.82) is 0 Å². The zero-order valence-corrected chi connectivity index (χ0v) is 12.7. The van der Waals surface area contributed by atoms with Crippen molar-refractivity contribution in [2.24, 2.45) is 5.92 Å². The second-order valence-electron chi connectivity index (χ2n) is 5.81. The second kappa shape index (κ2) is 6.33. The Kier molecular flexibility index (Phi) is 4.73. The minimum Gasteiger partial charge on any atom is -0.491 e. The molecule has 0 bridgehead atoms. The lowest BCUT2D eigenvalue weighted by molar-refractivity contribution is 0.320. The first-order chi connectivity index (χ1) is 9.52. The molecule has 2 unspecified atom stereocenters. The summed E-state index contributed by atoms with van der Waals surface area (Å²) in [4.78, 5) is 2.19. The van der Waals surface area contributed by atoms with Gasteiger partial charge in [-0.05, 0) is 25.7 Å². The van der Waals surface area contributed by atoms with Crippen LogP contribution in [0.2, 0.25) is 0 Å². The molecule has 2 atom stereocenters. The van der Waals surface area contributed by atoms with Gasteiger partial charge in [-0.2, -0.15) is 0 Å². The van der Waals surface area contributed by atoms with Crippen LogP contribution >= 0.6 is 0 Å². The number of benzene rings is 1. The average Bonchev–Trinajstić information content (AvgIpc) is 2.41. The number of ether oxygens (including phenoxy) is 1. The van der Waals surface area contributed by atoms with E-state index in [1.54, 1.807) is 6.07 Å². The third-order valence-corrected chi connectivity index (χ3v) is 4.22. The molecule has 1 saturated carbocycles. The normalized spacial score (nSPS) is 22.6. The third-order valence-electron chi connectivity index (χ3n) is 4.22. The zero-order chi connectivity index (χ0) is 14.7. The summed E-state index contributed by atoms with van der Waals surface area (Å²) >= 11 is 0. The molecule has 1 aliphatic rings. The van der Waals surface area contributed by atoms with Gasteiger partial charge < -0.3 is 15.4 Å². The van der Waals surface area contributed by atoms with E-state index in [2.05, 4.69) is 11.8 Å². The molecule has 3 nitrogen and oxygen atoms in total. The lowest BCUT2D eigenvalue weighted by atomic mass is 9.86. The van der Waals surface area contributed by atoms with Crippen LogP contribution in [0.1, 0.15) is 39.5 Å². The van der Waals surface area contributed by atoms with Gasteiger partial charge in [0.2, 0.25) is 0 Å². The Labute approximate surface area is 120 Å². The van der Waals surface area contributed by atoms with E-state index in [-0.39, 0.29) is 5.75 Å². The molecule has 1 aliphatic carbocycles. The van der Waals surface area contributed by atoms with Gasteiger partial charge in [0.15, 0.2) is 11.6 Å². The lowest BCUT2D eigenvalue weighted by Gasteiger charge is -2.36. The quantitative estimate of drug-likeness (QED) is 0.852. The highest BCUT2D eigenvalue weighted by atomic mass is 19.1. The van der Waals surface area contributed by atoms with Gasteiger partial charge in [-0.15, -0.1) is 0 Å². The van der Waals surface area contributed by atoms with Crippen LogP contribution in [0, 0.1) is 11.7 Å². The number of rotatable bonds is 4. The predicted octanol–water partition coefficient (Wildman–Crippen LogP) is 3.82. The van der Waals surface area contributed by atoms with Gasteiger partial charge in [0.25, 0.3) is 0 Å². The van der Waals surface area contributed by atoms with E-state index in [1.807, 2.05) is 14.0 Å². The first-order valence-corrected chi connectivity index (χ1v) is 7.47. The van der Waals surface area contributed by atoms with E-state index >= 15 is 0 Å². The molecule has 2 N–H and O–H groups in total. The summed E-state index contributed by atoms with van der Waals surface area (Å²) in [6, 6.07) is 3.57. The molecule has 2 rings (SSSR count). The third kappa shape index (κ3) is 3.17. The van der Waals surface area contributed by atoms with E-state index in [9.17, 15) is 4.39 Å². The SMILES string of the molecule is CCOc1cc(N(C)C2CCCC(C)C2)c(N)cc1F. The number of nitrogen functional groups attached to an aromatic ring is 1. The maximum absolute atomic E-state index is 13.8. The Morgan fingerprint density at radius 3 is 2.80 bits per heavy atom. The molecule has 0 spiro atoms. The van der Waals surface area contributed by atoms with E-state index in [0.29, 0.717) is 18.3 Å². The van der Waals surface area contributed by atoms with E-state index in [4.69, 9.17) is 10.5 Å². The zero-order valence-electron chi connectivity index (χ0n) is 12.7. The van der Waals surface area contributed by atoms with Crippen LogP contribution in [0.3, 0.4) is 0 Å². The first-order valence-electron chi connectivity index (χ1n) is 7.47. The average molecular weight is 280 g/mol. The summed E-state index contributed by atoms with van der Waals surface area (Å²) in [7, 11) is 2.04. The molecular formula is C16H25FN2O. The predicted molar refractivity (Wildman–Crippen MR) is 81.8 cm³/mol. The highest BCUT2D eigenvalue weighted by Gasteiger charge is 2.24. The van der Waals surface area contributed by atoms with Gasteiger partial charge in [0.1, 0.15) is 0 Å². The fourth-order valence-corrected chi connectivity index (χ4v) is 3.08. The van der Waals surface area contributed by atoms with Crippen LogP contribution in [-0.4, -0.2) is 19.7 Å². The Morgan fingerprint density at radius 2 is 2.15 bits per heavy atom. The summed E-state index contributed by atoms with van der Waals surface area (Å²) in [5, 5.41) is 0. The molecule has 0 saturated heterocycles. The second-order valence-corrected chi connectivity index (χ2v) is 5.81. The van der Waals surface area contributed by atoms with Crippen LogP contribution in [0.15, 0.2) is 12.1 Å². The summed E-state index contributed by atoms with van der Waals surface area (Å²) in [5.41, 5.74) is 7.34. The van der Waals surface area contributed by atoms with Crippen LogP contribution < -0.4 is 15.4 Å². The fourth-order valence-electron chi connectivity index (χ4n) is 3.08. The minimum atomic E-state index is -0.390. The topological polar surface area (TPSA) is 38.5 Å². The number of anilines is 2. The summed E-state index contributed by atoms with van der Waals surface area (Å²) in [5.74, 6) is 0.634. The number of halogens is 1. The van der Waals surface area contributed by atoms with E-state index in [1.165, 1.54) is 25.3 Å². The number of nitrogens with two attached hydrogens (primary N) is 1. The first kappa shape index (κ1) is 14.9. The molecule has 0 aromatic heterocycles. The Bertz CT molecular complexity index is 464. The van der Waals surface area contributed by atoms with Crippen molar-refractivity contribution in [2.75, 3.05) is 24.3 Å². The number of nitrogens with zero attached hydrogens (tertiary/aromatic N) is 1. The molecule has 20 heavy (non-hydrogen) atoms. The molecule has 4 heteroatoms. The molecule has 0 amide bonds. The summed E-state index contributed by atoms with van der Waals surface area (Å²) in [6.45, 7) is 4.59. The van der Waals surface area contributed by atoms with Crippen molar-refractivity contribution >= 4 is 11.4 Å². The lowest BCUT2D eigenvalue weighted by Crippen LogP contribution is -2.36. The van der Waals surface area contributed by atoms with Crippen molar-refractivity contribution in [3.63, 3.8) is 0 Å². The monoisotopic (exact) mass is 280 g/mol. The molecule has 1 aromatic carbocycles. The number of hydrogen-bond acceptors (Lipinski definition) is 3. The molecule has 0 aliphatic heterocycles. The van der Waals surface area contributed by atoms with Crippen molar-refractivity contribution in [1.82, 2.24) is 0 Å². The largest absolute Gasteiger partial charge is 0.491 e. The Balaban J connectivity index is 2.24. The van der Waals surface area contributed by atoms with E-state index in [0.717, 1.165) is 18.0 Å². The van der Waals surface area contributed by atoms with Crippen LogP contribution in [-0.2, 0) is 0 Å².